The molecule has 0 radical (unpaired) electrons. The number of piperidine rings is 1. The lowest BCUT2D eigenvalue weighted by atomic mass is 9.91. The summed E-state index contributed by atoms with van der Waals surface area (Å²) >= 11 is 0. The van der Waals surface area contributed by atoms with Gasteiger partial charge in [0.05, 0.1) is 5.41 Å². The van der Waals surface area contributed by atoms with Crippen molar-refractivity contribution in [1.82, 2.24) is 15.5 Å². The molecule has 0 spiro atoms. The van der Waals surface area contributed by atoms with E-state index in [-0.39, 0.29) is 37.5 Å². The van der Waals surface area contributed by atoms with Gasteiger partial charge in [-0.3, -0.25) is 4.79 Å². The largest absolute Gasteiger partial charge is 0.444 e. The number of alkyl carbamates (subject to hydrolysis) is 1. The van der Waals surface area contributed by atoms with Gasteiger partial charge in [-0.15, -0.1) is 0 Å². The van der Waals surface area contributed by atoms with E-state index in [1.165, 1.54) is 11.9 Å². The molecule has 3 rings (SSSR count). The van der Waals surface area contributed by atoms with Crippen molar-refractivity contribution in [1.29, 1.82) is 0 Å². The molecule has 1 heterocycles. The predicted octanol–water partition coefficient (Wildman–Crippen LogP) is 4.48. The molecule has 6 nitrogen and oxygen atoms in total. The molecule has 1 aliphatic carbocycles. The van der Waals surface area contributed by atoms with Crippen LogP contribution in [0.4, 0.5) is 26.7 Å². The van der Waals surface area contributed by atoms with Gasteiger partial charge in [-0.25, -0.2) is 4.79 Å². The van der Waals surface area contributed by atoms with E-state index in [1.54, 1.807) is 20.8 Å². The minimum Gasteiger partial charge on any atom is -0.444 e. The van der Waals surface area contributed by atoms with Crippen molar-refractivity contribution in [3.8, 4) is 0 Å². The van der Waals surface area contributed by atoms with Gasteiger partial charge in [-0.2, -0.15) is 22.0 Å². The second-order valence-electron chi connectivity index (χ2n) is 10.2. The fourth-order valence-electron chi connectivity index (χ4n) is 4.40. The van der Waals surface area contributed by atoms with Gasteiger partial charge in [0.15, 0.2) is 6.04 Å². The van der Waals surface area contributed by atoms with Crippen molar-refractivity contribution in [2.24, 2.45) is 0 Å². The average Bonchev–Trinajstić information content (AvgIpc) is 3.55. The van der Waals surface area contributed by atoms with Crippen LogP contribution >= 0.6 is 0 Å². The van der Waals surface area contributed by atoms with E-state index in [0.717, 1.165) is 24.3 Å². The van der Waals surface area contributed by atoms with Crippen LogP contribution in [-0.2, 0) is 20.9 Å². The Bertz CT molecular complexity index is 916. The van der Waals surface area contributed by atoms with E-state index in [2.05, 4.69) is 10.6 Å². The van der Waals surface area contributed by atoms with E-state index in [1.807, 2.05) is 0 Å². The topological polar surface area (TPSA) is 70.7 Å². The number of nitrogens with one attached hydrogen (secondary N) is 2. The number of amides is 2. The predicted molar refractivity (Wildman–Crippen MR) is 119 cm³/mol. The van der Waals surface area contributed by atoms with Gasteiger partial charge in [0.1, 0.15) is 5.60 Å². The highest BCUT2D eigenvalue weighted by molar-refractivity contribution is 5.83. The monoisotopic (exact) mass is 505 g/mol. The molecule has 1 aromatic carbocycles. The van der Waals surface area contributed by atoms with Crippen molar-refractivity contribution < 1.29 is 36.3 Å². The maximum absolute atomic E-state index is 15.3. The highest BCUT2D eigenvalue weighted by Crippen LogP contribution is 2.59. The molecule has 35 heavy (non-hydrogen) atoms. The van der Waals surface area contributed by atoms with Crippen LogP contribution in [0, 0.1) is 0 Å². The molecule has 1 atom stereocenters. The SMILES string of the molecule is CN[C@@H](C(=O)N1CCC(NC(=O)OC(C)(C)C)CC1)C(F)(F)c1ccc(C2(C(F)(F)F)CC2)cc1. The van der Waals surface area contributed by atoms with Crippen LogP contribution in [0.3, 0.4) is 0 Å². The first-order valence-corrected chi connectivity index (χ1v) is 11.6. The van der Waals surface area contributed by atoms with E-state index < -0.39 is 46.7 Å². The molecule has 0 bridgehead atoms. The number of benzene rings is 1. The molecular weight excluding hydrogens is 473 g/mol. The number of nitrogens with zero attached hydrogens (tertiary/aromatic N) is 1. The summed E-state index contributed by atoms with van der Waals surface area (Å²) in [5.41, 5.74) is -3.20. The van der Waals surface area contributed by atoms with Gasteiger partial charge >= 0.3 is 12.3 Å². The molecule has 11 heteroatoms. The first kappa shape index (κ1) is 27.2. The van der Waals surface area contributed by atoms with Gasteiger partial charge in [-0.1, -0.05) is 24.3 Å². The summed E-state index contributed by atoms with van der Waals surface area (Å²) in [6, 6.07) is 1.95. The fraction of sp³-hybridized carbons (Fsp3) is 0.667. The summed E-state index contributed by atoms with van der Waals surface area (Å²) in [4.78, 5) is 26.2. The van der Waals surface area contributed by atoms with Crippen molar-refractivity contribution in [2.45, 2.75) is 81.7 Å². The lowest BCUT2D eigenvalue weighted by Gasteiger charge is -2.36. The van der Waals surface area contributed by atoms with Crippen LogP contribution in [0.15, 0.2) is 24.3 Å². The Morgan fingerprint density at radius 2 is 1.57 bits per heavy atom. The highest BCUT2D eigenvalue weighted by atomic mass is 19.4. The minimum absolute atomic E-state index is 0.0450. The second kappa shape index (κ2) is 9.55. The summed E-state index contributed by atoms with van der Waals surface area (Å²) in [5.74, 6) is -4.46. The number of ether oxygens (including phenoxy) is 1. The first-order chi connectivity index (χ1) is 16.1. The lowest BCUT2D eigenvalue weighted by molar-refractivity contribution is -0.160. The zero-order chi connectivity index (χ0) is 26.2. The smallest absolute Gasteiger partial charge is 0.407 e. The van der Waals surface area contributed by atoms with Crippen LogP contribution in [0.1, 0.15) is 57.6 Å². The molecule has 2 aliphatic rings. The third kappa shape index (κ3) is 5.87. The number of likely N-dealkylation sites (tertiary alicyclic amines) is 1. The number of hydrogen-bond donors (Lipinski definition) is 2. The summed E-state index contributed by atoms with van der Waals surface area (Å²) in [6.45, 7) is 5.54. The second-order valence-corrected chi connectivity index (χ2v) is 10.2. The van der Waals surface area contributed by atoms with Gasteiger partial charge < -0.3 is 20.3 Å². The molecule has 1 saturated heterocycles. The number of carbonyl (C=O) groups is 2. The van der Waals surface area contributed by atoms with Crippen LogP contribution in [0.2, 0.25) is 0 Å². The molecule has 2 fully saturated rings. The number of alkyl halides is 5. The normalized spacial score (nSPS) is 19.7. The van der Waals surface area contributed by atoms with Gasteiger partial charge in [0.25, 0.3) is 5.92 Å². The zero-order valence-electron chi connectivity index (χ0n) is 20.3. The number of hydrogen-bond acceptors (Lipinski definition) is 4. The van der Waals surface area contributed by atoms with E-state index >= 15 is 8.78 Å². The van der Waals surface area contributed by atoms with Gasteiger partial charge in [0, 0.05) is 24.7 Å². The molecule has 1 aromatic rings. The summed E-state index contributed by atoms with van der Waals surface area (Å²) in [7, 11) is 1.24. The summed E-state index contributed by atoms with van der Waals surface area (Å²) in [5, 5.41) is 5.10. The van der Waals surface area contributed by atoms with E-state index in [0.29, 0.717) is 12.8 Å². The zero-order valence-corrected chi connectivity index (χ0v) is 20.3. The Balaban J connectivity index is 1.64. The Hall–Kier alpha value is -2.43. The molecule has 196 valence electrons. The first-order valence-electron chi connectivity index (χ1n) is 11.6. The molecule has 1 aliphatic heterocycles. The summed E-state index contributed by atoms with van der Waals surface area (Å²) in [6.07, 6.45) is -4.40. The van der Waals surface area contributed by atoms with Crippen molar-refractivity contribution in [2.75, 3.05) is 20.1 Å². The third-order valence-electron chi connectivity index (χ3n) is 6.54. The van der Waals surface area contributed by atoms with Crippen LogP contribution in [0.25, 0.3) is 0 Å². The number of carbonyl (C=O) groups excluding carboxylic acids is 2. The van der Waals surface area contributed by atoms with E-state index in [4.69, 9.17) is 4.74 Å². The standard InChI is InChI=1S/C24H32F5N3O3/c1-21(2,3)35-20(34)31-17-9-13-32(14-10-17)19(33)18(30-4)23(25,26)16-7-5-15(6-8-16)22(11-12-22)24(27,28)29/h5-8,17-18,30H,9-14H2,1-4H3,(H,31,34)/t18-/m0/s1. The van der Waals surface area contributed by atoms with Crippen molar-refractivity contribution in [3.63, 3.8) is 0 Å². The maximum Gasteiger partial charge on any atom is 0.407 e. The minimum atomic E-state index is -4.44. The molecule has 0 aromatic heterocycles. The Morgan fingerprint density at radius 1 is 1.03 bits per heavy atom. The van der Waals surface area contributed by atoms with Crippen molar-refractivity contribution >= 4 is 12.0 Å². The maximum atomic E-state index is 15.3. The Morgan fingerprint density at radius 3 is 2.00 bits per heavy atom. The molecule has 2 amide bonds. The Kier molecular flexibility index (Phi) is 7.41. The van der Waals surface area contributed by atoms with Crippen LogP contribution in [-0.4, -0.2) is 60.9 Å². The average molecular weight is 506 g/mol. The Labute approximate surface area is 201 Å². The summed E-state index contributed by atoms with van der Waals surface area (Å²) < 4.78 is 75.8. The molecule has 0 unspecified atom stereocenters. The fourth-order valence-corrected chi connectivity index (χ4v) is 4.40. The lowest BCUT2D eigenvalue weighted by Crippen LogP contribution is -2.56. The quantitative estimate of drug-likeness (QED) is 0.560. The van der Waals surface area contributed by atoms with Crippen molar-refractivity contribution in [3.05, 3.63) is 35.4 Å². The van der Waals surface area contributed by atoms with Crippen LogP contribution in [0.5, 0.6) is 0 Å². The number of likely N-dealkylation sites (N-methyl/N-ethyl adjacent to an activating group) is 1. The molecule has 1 saturated carbocycles. The number of halogens is 5. The molecule has 2 N–H and O–H groups in total. The number of rotatable bonds is 6. The highest BCUT2D eigenvalue weighted by Gasteiger charge is 2.64. The molecular formula is C24H32F5N3O3. The van der Waals surface area contributed by atoms with E-state index in [9.17, 15) is 22.8 Å². The van der Waals surface area contributed by atoms with Gasteiger partial charge in [-0.05, 0) is 59.1 Å². The van der Waals surface area contributed by atoms with Crippen LogP contribution < -0.4 is 10.6 Å². The van der Waals surface area contributed by atoms with Gasteiger partial charge in [0.2, 0.25) is 5.91 Å². The third-order valence-corrected chi connectivity index (χ3v) is 6.54.